The summed E-state index contributed by atoms with van der Waals surface area (Å²) >= 11 is 0. The van der Waals surface area contributed by atoms with Gasteiger partial charge >= 0.3 is 5.97 Å². The summed E-state index contributed by atoms with van der Waals surface area (Å²) in [5, 5.41) is 20.0. The zero-order valence-corrected chi connectivity index (χ0v) is 24.1. The molecule has 2 N–H and O–H groups in total. The van der Waals surface area contributed by atoms with Crippen molar-refractivity contribution in [3.05, 3.63) is 28.8 Å². The Morgan fingerprint density at radius 1 is 0.639 bits per heavy atom. The van der Waals surface area contributed by atoms with E-state index in [0.717, 1.165) is 48.8 Å². The van der Waals surface area contributed by atoms with Crippen LogP contribution in [0.3, 0.4) is 0 Å². The zero-order valence-electron chi connectivity index (χ0n) is 24.1. The van der Waals surface area contributed by atoms with E-state index in [1.807, 2.05) is 26.0 Å². The molecule has 36 heavy (non-hydrogen) atoms. The molecule has 0 aliphatic heterocycles. The molecule has 208 valence electrons. The van der Waals surface area contributed by atoms with Gasteiger partial charge in [0, 0.05) is 0 Å². The summed E-state index contributed by atoms with van der Waals surface area (Å²) < 4.78 is 0. The lowest BCUT2D eigenvalue weighted by atomic mass is 9.90. The van der Waals surface area contributed by atoms with E-state index in [1.54, 1.807) is 0 Å². The third-order valence-corrected chi connectivity index (χ3v) is 7.83. The van der Waals surface area contributed by atoms with E-state index in [1.165, 1.54) is 103 Å². The van der Waals surface area contributed by atoms with Gasteiger partial charge in [-0.3, -0.25) is 4.79 Å². The van der Waals surface area contributed by atoms with Gasteiger partial charge in [-0.2, -0.15) is 0 Å². The first-order valence-electron chi connectivity index (χ1n) is 15.6. The van der Waals surface area contributed by atoms with Crippen LogP contribution in [-0.4, -0.2) is 16.2 Å². The lowest BCUT2D eigenvalue weighted by molar-refractivity contribution is -0.142. The normalized spacial score (nSPS) is 12.2. The van der Waals surface area contributed by atoms with E-state index in [-0.39, 0.29) is 5.92 Å². The fraction of sp³-hybridized carbons (Fsp3) is 0.788. The Morgan fingerprint density at radius 3 is 1.33 bits per heavy atom. The maximum absolute atomic E-state index is 11.8. The van der Waals surface area contributed by atoms with Crippen LogP contribution in [0.15, 0.2) is 12.1 Å². The van der Waals surface area contributed by atoms with Crippen molar-refractivity contribution in [3.63, 3.8) is 0 Å². The van der Waals surface area contributed by atoms with E-state index >= 15 is 0 Å². The maximum atomic E-state index is 11.8. The van der Waals surface area contributed by atoms with Crippen LogP contribution in [0, 0.1) is 5.92 Å². The highest BCUT2D eigenvalue weighted by Crippen LogP contribution is 2.28. The average Bonchev–Trinajstić information content (AvgIpc) is 2.87. The highest BCUT2D eigenvalue weighted by Gasteiger charge is 2.19. The van der Waals surface area contributed by atoms with E-state index in [0.29, 0.717) is 12.2 Å². The third-order valence-electron chi connectivity index (χ3n) is 7.83. The van der Waals surface area contributed by atoms with Crippen molar-refractivity contribution >= 4 is 5.97 Å². The van der Waals surface area contributed by atoms with Gasteiger partial charge in [0.05, 0.1) is 5.92 Å². The summed E-state index contributed by atoms with van der Waals surface area (Å²) in [6.07, 6.45) is 27.1. The van der Waals surface area contributed by atoms with Crippen LogP contribution in [0.4, 0.5) is 0 Å². The third kappa shape index (κ3) is 14.9. The second-order valence-corrected chi connectivity index (χ2v) is 11.0. The molecule has 1 aromatic rings. The van der Waals surface area contributed by atoms with Crippen molar-refractivity contribution in [1.29, 1.82) is 0 Å². The number of phenolic OH excluding ortho intramolecular Hbond substituents is 1. The van der Waals surface area contributed by atoms with Crippen LogP contribution < -0.4 is 0 Å². The first-order chi connectivity index (χ1) is 17.5. The molecule has 0 aliphatic carbocycles. The Hall–Kier alpha value is -1.51. The van der Waals surface area contributed by atoms with E-state index in [2.05, 4.69) is 6.92 Å². The number of rotatable bonds is 24. The predicted molar refractivity (Wildman–Crippen MR) is 155 cm³/mol. The monoisotopic (exact) mass is 502 g/mol. The number of carboxylic acids is 1. The minimum absolute atomic E-state index is 0.329. The number of hydrogen-bond acceptors (Lipinski definition) is 2. The summed E-state index contributed by atoms with van der Waals surface area (Å²) in [5.41, 5.74) is 2.92. The molecule has 0 aliphatic rings. The lowest BCUT2D eigenvalue weighted by Crippen LogP contribution is -2.16. The lowest BCUT2D eigenvalue weighted by Gasteiger charge is -2.15. The molecular formula is C33H58O3. The molecule has 3 heteroatoms. The number of unbranched alkanes of at least 4 members (excludes halogenated alkanes) is 17. The summed E-state index contributed by atoms with van der Waals surface area (Å²) in [7, 11) is 0. The highest BCUT2D eigenvalue weighted by atomic mass is 16.4. The molecule has 0 bridgehead atoms. The molecule has 0 fully saturated rings. The van der Waals surface area contributed by atoms with Gasteiger partial charge in [0.2, 0.25) is 0 Å². The van der Waals surface area contributed by atoms with Gasteiger partial charge in [-0.25, -0.2) is 0 Å². The number of carbonyl (C=O) groups is 1. The number of aliphatic carboxylic acids is 1. The topological polar surface area (TPSA) is 57.5 Å². The minimum atomic E-state index is -0.689. The van der Waals surface area contributed by atoms with Crippen LogP contribution >= 0.6 is 0 Å². The molecule has 0 saturated heterocycles. The molecule has 1 rings (SSSR count). The van der Waals surface area contributed by atoms with E-state index < -0.39 is 5.97 Å². The maximum Gasteiger partial charge on any atom is 0.306 e. The van der Waals surface area contributed by atoms with Crippen LogP contribution in [0.5, 0.6) is 5.75 Å². The van der Waals surface area contributed by atoms with Crippen molar-refractivity contribution in [1.82, 2.24) is 0 Å². The number of benzene rings is 1. The van der Waals surface area contributed by atoms with Crippen LogP contribution in [0.25, 0.3) is 0 Å². The largest absolute Gasteiger partial charge is 0.507 e. The second-order valence-electron chi connectivity index (χ2n) is 11.0. The molecule has 0 saturated carbocycles. The van der Waals surface area contributed by atoms with Gasteiger partial charge in [-0.05, 0) is 42.4 Å². The van der Waals surface area contributed by atoms with Crippen molar-refractivity contribution in [3.8, 4) is 5.75 Å². The molecule has 1 atom stereocenters. The Morgan fingerprint density at radius 2 is 1.00 bits per heavy atom. The molecule has 0 aromatic heterocycles. The first-order valence-corrected chi connectivity index (χ1v) is 15.6. The quantitative estimate of drug-likeness (QED) is 0.138. The van der Waals surface area contributed by atoms with Crippen molar-refractivity contribution in [2.24, 2.45) is 5.92 Å². The molecule has 0 spiro atoms. The zero-order chi connectivity index (χ0) is 26.4. The number of aromatic hydroxyl groups is 1. The molecule has 0 heterocycles. The summed E-state index contributed by atoms with van der Waals surface area (Å²) in [6.45, 7) is 6.35. The number of carboxylic acid groups (broad SMARTS) is 1. The van der Waals surface area contributed by atoms with Crippen molar-refractivity contribution < 1.29 is 15.0 Å². The smallest absolute Gasteiger partial charge is 0.306 e. The van der Waals surface area contributed by atoms with Crippen LogP contribution in [-0.2, 0) is 24.1 Å². The van der Waals surface area contributed by atoms with Gasteiger partial charge in [0.1, 0.15) is 5.75 Å². The molecule has 3 nitrogen and oxygen atoms in total. The van der Waals surface area contributed by atoms with Gasteiger partial charge in [-0.1, -0.05) is 148 Å². The van der Waals surface area contributed by atoms with Crippen molar-refractivity contribution in [2.45, 2.75) is 162 Å². The predicted octanol–water partition coefficient (Wildman–Crippen LogP) is 10.2. The highest BCUT2D eigenvalue weighted by molar-refractivity contribution is 5.70. The molecule has 0 radical (unpaired) electrons. The minimum Gasteiger partial charge on any atom is -0.507 e. The van der Waals surface area contributed by atoms with Gasteiger partial charge < -0.3 is 10.2 Å². The van der Waals surface area contributed by atoms with E-state index in [9.17, 15) is 15.0 Å². The summed E-state index contributed by atoms with van der Waals surface area (Å²) in [6, 6.07) is 4.00. The SMILES string of the molecule is CCCCCCCCCCCCCCCCCCCCC(Cc1cc(CC)c(O)c(CC)c1)C(=O)O. The fourth-order valence-corrected chi connectivity index (χ4v) is 5.38. The van der Waals surface area contributed by atoms with Gasteiger partial charge in [0.25, 0.3) is 0 Å². The Balaban J connectivity index is 2.06. The number of aryl methyl sites for hydroxylation is 2. The Labute approximate surface area is 223 Å². The Kier molecular flexibility index (Phi) is 19.5. The average molecular weight is 503 g/mol. The van der Waals surface area contributed by atoms with E-state index in [4.69, 9.17) is 0 Å². The fourth-order valence-electron chi connectivity index (χ4n) is 5.38. The van der Waals surface area contributed by atoms with Gasteiger partial charge in [0.15, 0.2) is 0 Å². The standard InChI is InChI=1S/C33H58O3/c1-4-7-8-9-10-11-12-13-14-15-16-17-18-19-20-21-22-23-24-31(33(35)36)27-28-25-29(5-2)32(34)30(6-3)26-28/h25-26,31,34H,4-24,27H2,1-3H3,(H,35,36). The Bertz CT molecular complexity index is 657. The first kappa shape index (κ1) is 32.5. The molecule has 1 unspecified atom stereocenters. The van der Waals surface area contributed by atoms with Crippen molar-refractivity contribution in [2.75, 3.05) is 0 Å². The molecule has 1 aromatic carbocycles. The molecule has 0 amide bonds. The second kappa shape index (κ2) is 21.6. The van der Waals surface area contributed by atoms with Crippen LogP contribution in [0.1, 0.15) is 159 Å². The van der Waals surface area contributed by atoms with Crippen LogP contribution in [0.2, 0.25) is 0 Å². The van der Waals surface area contributed by atoms with Gasteiger partial charge in [-0.15, -0.1) is 0 Å². The summed E-state index contributed by atoms with van der Waals surface area (Å²) in [4.78, 5) is 11.8. The number of hydrogen-bond donors (Lipinski definition) is 2. The number of phenols is 1. The molecular weight excluding hydrogens is 444 g/mol. The summed E-state index contributed by atoms with van der Waals surface area (Å²) in [5.74, 6) is -0.629.